The third-order valence-electron chi connectivity index (χ3n) is 1.93. The van der Waals surface area contributed by atoms with Crippen LogP contribution >= 0.6 is 0 Å². The second kappa shape index (κ2) is 5.39. The van der Waals surface area contributed by atoms with Crippen molar-refractivity contribution in [1.29, 1.82) is 0 Å². The lowest BCUT2D eigenvalue weighted by atomic mass is 10.3. The molecule has 4 nitrogen and oxygen atoms in total. The van der Waals surface area contributed by atoms with Crippen LogP contribution in [0.4, 0.5) is 0 Å². The Balaban J connectivity index is 2.57. The molecule has 0 bridgehead atoms. The molecule has 0 aromatic heterocycles. The SMILES string of the molecule is CC(C)NC(=O)C(C)Oc1cccc(O)c1. The number of amides is 1. The number of aromatic hydroxyl groups is 1. The molecule has 0 saturated heterocycles. The molecule has 0 aliphatic heterocycles. The highest BCUT2D eigenvalue weighted by Gasteiger charge is 2.15. The summed E-state index contributed by atoms with van der Waals surface area (Å²) in [6.45, 7) is 5.44. The highest BCUT2D eigenvalue weighted by Crippen LogP contribution is 2.18. The van der Waals surface area contributed by atoms with Crippen molar-refractivity contribution in [1.82, 2.24) is 5.32 Å². The molecule has 0 spiro atoms. The van der Waals surface area contributed by atoms with Crippen LogP contribution in [-0.4, -0.2) is 23.2 Å². The first-order valence-electron chi connectivity index (χ1n) is 5.25. The number of rotatable bonds is 4. The van der Waals surface area contributed by atoms with E-state index in [2.05, 4.69) is 5.32 Å². The summed E-state index contributed by atoms with van der Waals surface area (Å²) in [7, 11) is 0. The quantitative estimate of drug-likeness (QED) is 0.816. The average molecular weight is 223 g/mol. The van der Waals surface area contributed by atoms with Crippen LogP contribution in [0.3, 0.4) is 0 Å². The van der Waals surface area contributed by atoms with E-state index in [-0.39, 0.29) is 17.7 Å². The Morgan fingerprint density at radius 3 is 2.62 bits per heavy atom. The van der Waals surface area contributed by atoms with E-state index in [1.165, 1.54) is 6.07 Å². The lowest BCUT2D eigenvalue weighted by Gasteiger charge is -2.16. The van der Waals surface area contributed by atoms with E-state index in [0.717, 1.165) is 0 Å². The van der Waals surface area contributed by atoms with Crippen molar-refractivity contribution >= 4 is 5.91 Å². The maximum Gasteiger partial charge on any atom is 0.260 e. The summed E-state index contributed by atoms with van der Waals surface area (Å²) in [5, 5.41) is 12.0. The van der Waals surface area contributed by atoms with Gasteiger partial charge in [0.25, 0.3) is 5.91 Å². The summed E-state index contributed by atoms with van der Waals surface area (Å²) in [5.74, 6) is 0.429. The molecule has 2 N–H and O–H groups in total. The lowest BCUT2D eigenvalue weighted by Crippen LogP contribution is -2.39. The standard InChI is InChI=1S/C12H17NO3/c1-8(2)13-12(15)9(3)16-11-6-4-5-10(14)7-11/h4-9,14H,1-3H3,(H,13,15). The zero-order valence-electron chi connectivity index (χ0n) is 9.73. The second-order valence-electron chi connectivity index (χ2n) is 3.92. The molecule has 1 amide bonds. The molecule has 16 heavy (non-hydrogen) atoms. The van der Waals surface area contributed by atoms with Gasteiger partial charge < -0.3 is 15.2 Å². The monoisotopic (exact) mass is 223 g/mol. The van der Waals surface area contributed by atoms with E-state index in [0.29, 0.717) is 5.75 Å². The van der Waals surface area contributed by atoms with Crippen LogP contribution in [0.15, 0.2) is 24.3 Å². The van der Waals surface area contributed by atoms with E-state index in [1.807, 2.05) is 13.8 Å². The fourth-order valence-electron chi connectivity index (χ4n) is 1.22. The number of benzene rings is 1. The number of ether oxygens (including phenoxy) is 1. The van der Waals surface area contributed by atoms with Crippen molar-refractivity contribution in [2.75, 3.05) is 0 Å². The number of carbonyl (C=O) groups excluding carboxylic acids is 1. The molecule has 0 aliphatic carbocycles. The van der Waals surface area contributed by atoms with E-state index in [1.54, 1.807) is 25.1 Å². The third-order valence-corrected chi connectivity index (χ3v) is 1.93. The number of hydrogen-bond acceptors (Lipinski definition) is 3. The van der Waals surface area contributed by atoms with Gasteiger partial charge in [-0.1, -0.05) is 6.07 Å². The summed E-state index contributed by atoms with van der Waals surface area (Å²) in [6.07, 6.45) is -0.579. The number of hydrogen-bond donors (Lipinski definition) is 2. The second-order valence-corrected chi connectivity index (χ2v) is 3.92. The molecular formula is C12H17NO3. The van der Waals surface area contributed by atoms with E-state index < -0.39 is 6.10 Å². The van der Waals surface area contributed by atoms with Crippen molar-refractivity contribution in [3.63, 3.8) is 0 Å². The van der Waals surface area contributed by atoms with E-state index in [4.69, 9.17) is 4.74 Å². The van der Waals surface area contributed by atoms with Gasteiger partial charge in [-0.25, -0.2) is 0 Å². The number of carbonyl (C=O) groups is 1. The van der Waals surface area contributed by atoms with Gasteiger partial charge in [-0.3, -0.25) is 4.79 Å². The van der Waals surface area contributed by atoms with Crippen molar-refractivity contribution in [2.24, 2.45) is 0 Å². The normalized spacial score (nSPS) is 12.2. The van der Waals surface area contributed by atoms with Crippen molar-refractivity contribution < 1.29 is 14.6 Å². The Morgan fingerprint density at radius 1 is 1.38 bits per heavy atom. The molecule has 0 saturated carbocycles. The topological polar surface area (TPSA) is 58.6 Å². The van der Waals surface area contributed by atoms with Crippen molar-refractivity contribution in [2.45, 2.75) is 32.9 Å². The van der Waals surface area contributed by atoms with Gasteiger partial charge in [0, 0.05) is 12.1 Å². The van der Waals surface area contributed by atoms with E-state index >= 15 is 0 Å². The fraction of sp³-hybridized carbons (Fsp3) is 0.417. The lowest BCUT2D eigenvalue weighted by molar-refractivity contribution is -0.127. The molecule has 88 valence electrons. The first-order valence-corrected chi connectivity index (χ1v) is 5.25. The predicted octanol–water partition coefficient (Wildman–Crippen LogP) is 1.68. The molecule has 1 aromatic rings. The minimum absolute atomic E-state index is 0.0859. The number of nitrogens with one attached hydrogen (secondary N) is 1. The summed E-state index contributed by atoms with van der Waals surface area (Å²) in [5.41, 5.74) is 0. The van der Waals surface area contributed by atoms with Crippen molar-refractivity contribution in [3.05, 3.63) is 24.3 Å². The molecular weight excluding hydrogens is 206 g/mol. The van der Waals surface area contributed by atoms with Gasteiger partial charge in [-0.05, 0) is 32.9 Å². The largest absolute Gasteiger partial charge is 0.508 e. The molecule has 0 aliphatic rings. The highest BCUT2D eigenvalue weighted by molar-refractivity contribution is 5.80. The van der Waals surface area contributed by atoms with Crippen LogP contribution in [0.2, 0.25) is 0 Å². The highest BCUT2D eigenvalue weighted by atomic mass is 16.5. The Morgan fingerprint density at radius 2 is 2.06 bits per heavy atom. The van der Waals surface area contributed by atoms with Gasteiger partial charge in [-0.15, -0.1) is 0 Å². The van der Waals surface area contributed by atoms with Crippen LogP contribution in [0, 0.1) is 0 Å². The summed E-state index contributed by atoms with van der Waals surface area (Å²) >= 11 is 0. The van der Waals surface area contributed by atoms with Gasteiger partial charge in [0.15, 0.2) is 6.10 Å². The maximum absolute atomic E-state index is 11.5. The van der Waals surface area contributed by atoms with Gasteiger partial charge in [-0.2, -0.15) is 0 Å². The third kappa shape index (κ3) is 3.81. The Kier molecular flexibility index (Phi) is 4.17. The van der Waals surface area contributed by atoms with Gasteiger partial charge in [0.2, 0.25) is 0 Å². The molecule has 4 heteroatoms. The first-order chi connectivity index (χ1) is 7.49. The van der Waals surface area contributed by atoms with Gasteiger partial charge in [0.05, 0.1) is 0 Å². The Hall–Kier alpha value is -1.71. The Labute approximate surface area is 95.2 Å². The summed E-state index contributed by atoms with van der Waals surface area (Å²) in [6, 6.07) is 6.46. The van der Waals surface area contributed by atoms with Crippen LogP contribution in [0.5, 0.6) is 11.5 Å². The molecule has 0 heterocycles. The smallest absolute Gasteiger partial charge is 0.260 e. The molecule has 1 aromatic carbocycles. The number of phenolic OH excluding ortho intramolecular Hbond substituents is 1. The van der Waals surface area contributed by atoms with Crippen LogP contribution in [0.25, 0.3) is 0 Å². The maximum atomic E-state index is 11.5. The summed E-state index contributed by atoms with van der Waals surface area (Å²) < 4.78 is 5.39. The van der Waals surface area contributed by atoms with Crippen LogP contribution in [0.1, 0.15) is 20.8 Å². The zero-order valence-corrected chi connectivity index (χ0v) is 9.73. The summed E-state index contributed by atoms with van der Waals surface area (Å²) in [4.78, 5) is 11.5. The Bertz CT molecular complexity index is 363. The zero-order chi connectivity index (χ0) is 12.1. The minimum atomic E-state index is -0.579. The van der Waals surface area contributed by atoms with E-state index in [9.17, 15) is 9.90 Å². The van der Waals surface area contributed by atoms with Crippen LogP contribution < -0.4 is 10.1 Å². The average Bonchev–Trinajstić information content (AvgIpc) is 2.16. The minimum Gasteiger partial charge on any atom is -0.508 e. The van der Waals surface area contributed by atoms with Crippen LogP contribution in [-0.2, 0) is 4.79 Å². The molecule has 1 unspecified atom stereocenters. The predicted molar refractivity (Wildman–Crippen MR) is 61.5 cm³/mol. The van der Waals surface area contributed by atoms with Crippen molar-refractivity contribution in [3.8, 4) is 11.5 Å². The molecule has 0 radical (unpaired) electrons. The fourth-order valence-corrected chi connectivity index (χ4v) is 1.22. The molecule has 1 atom stereocenters. The number of phenols is 1. The molecule has 1 rings (SSSR count). The van der Waals surface area contributed by atoms with Gasteiger partial charge in [0.1, 0.15) is 11.5 Å². The van der Waals surface area contributed by atoms with Gasteiger partial charge >= 0.3 is 0 Å². The first kappa shape index (κ1) is 12.4. The molecule has 0 fully saturated rings.